The third-order valence-electron chi connectivity index (χ3n) is 4.87. The smallest absolute Gasteiger partial charge is 0.346 e. The summed E-state index contributed by atoms with van der Waals surface area (Å²) in [5.41, 5.74) is 2.41. The SMILES string of the molecule is CCN(CC)c1c(Cl)ccc2oc(=O)c(-c3ccccc3)c(Nc3ncncn3)c12. The average molecular weight is 422 g/mol. The summed E-state index contributed by atoms with van der Waals surface area (Å²) in [5, 5.41) is 4.48. The molecule has 0 aliphatic carbocycles. The Morgan fingerprint density at radius 3 is 2.40 bits per heavy atom. The van der Waals surface area contributed by atoms with E-state index in [1.54, 1.807) is 12.1 Å². The van der Waals surface area contributed by atoms with Crippen molar-refractivity contribution in [3.8, 4) is 11.1 Å². The molecule has 0 aliphatic heterocycles. The Kier molecular flexibility index (Phi) is 5.63. The van der Waals surface area contributed by atoms with E-state index in [-0.39, 0.29) is 0 Å². The predicted molar refractivity (Wildman–Crippen MR) is 120 cm³/mol. The van der Waals surface area contributed by atoms with Crippen LogP contribution in [-0.4, -0.2) is 28.0 Å². The molecule has 0 saturated carbocycles. The van der Waals surface area contributed by atoms with Gasteiger partial charge in [-0.25, -0.2) is 19.7 Å². The fourth-order valence-electron chi connectivity index (χ4n) is 3.51. The summed E-state index contributed by atoms with van der Waals surface area (Å²) < 4.78 is 5.73. The standard InChI is InChI=1S/C22H20ClN5O2/c1-3-28(4-2)20-15(23)10-11-16-18(20)19(27-22-25-12-24-13-26-22)17(21(29)30-16)14-8-6-5-7-9-14/h5-13H,3-4H2,1-2H3,(H,24,25,26,27). The molecule has 7 nitrogen and oxygen atoms in total. The molecule has 0 amide bonds. The van der Waals surface area contributed by atoms with E-state index in [1.165, 1.54) is 12.7 Å². The highest BCUT2D eigenvalue weighted by Gasteiger charge is 2.23. The lowest BCUT2D eigenvalue weighted by atomic mass is 10.0. The number of anilines is 3. The van der Waals surface area contributed by atoms with Gasteiger partial charge in [0.15, 0.2) is 0 Å². The molecule has 0 atom stereocenters. The van der Waals surface area contributed by atoms with Crippen molar-refractivity contribution in [2.75, 3.05) is 23.3 Å². The lowest BCUT2D eigenvalue weighted by molar-refractivity contribution is 0.564. The van der Waals surface area contributed by atoms with E-state index < -0.39 is 5.63 Å². The van der Waals surface area contributed by atoms with Crippen molar-refractivity contribution in [1.29, 1.82) is 0 Å². The average Bonchev–Trinajstić information content (AvgIpc) is 2.77. The number of hydrogen-bond acceptors (Lipinski definition) is 7. The van der Waals surface area contributed by atoms with Gasteiger partial charge in [-0.2, -0.15) is 0 Å². The van der Waals surface area contributed by atoms with E-state index in [9.17, 15) is 4.79 Å². The quantitative estimate of drug-likeness (QED) is 0.444. The maximum atomic E-state index is 13.0. The Hall–Kier alpha value is -3.45. The van der Waals surface area contributed by atoms with Gasteiger partial charge in [-0.3, -0.25) is 0 Å². The predicted octanol–water partition coefficient (Wildman–Crippen LogP) is 4.89. The molecule has 0 unspecified atom stereocenters. The number of rotatable bonds is 6. The molecular formula is C22H20ClN5O2. The molecule has 0 fully saturated rings. The Morgan fingerprint density at radius 2 is 1.73 bits per heavy atom. The van der Waals surface area contributed by atoms with E-state index in [0.717, 1.165) is 24.3 Å². The molecule has 0 bridgehead atoms. The molecule has 0 saturated heterocycles. The highest BCUT2D eigenvalue weighted by molar-refractivity contribution is 6.35. The maximum absolute atomic E-state index is 13.0. The largest absolute Gasteiger partial charge is 0.422 e. The van der Waals surface area contributed by atoms with Gasteiger partial charge in [-0.05, 0) is 31.5 Å². The van der Waals surface area contributed by atoms with E-state index in [4.69, 9.17) is 16.0 Å². The van der Waals surface area contributed by atoms with Crippen molar-refractivity contribution in [2.45, 2.75) is 13.8 Å². The number of nitrogens with zero attached hydrogens (tertiary/aromatic N) is 4. The van der Waals surface area contributed by atoms with Crippen LogP contribution in [0, 0.1) is 0 Å². The van der Waals surface area contributed by atoms with Crippen LogP contribution in [0.1, 0.15) is 13.8 Å². The first-order valence-corrected chi connectivity index (χ1v) is 10.0. The van der Waals surface area contributed by atoms with Gasteiger partial charge in [0.2, 0.25) is 5.95 Å². The van der Waals surface area contributed by atoms with Gasteiger partial charge >= 0.3 is 5.63 Å². The fraction of sp³-hybridized carbons (Fsp3) is 0.182. The Labute approximate surface area is 178 Å². The molecule has 2 aromatic carbocycles. The first kappa shape index (κ1) is 19.8. The minimum atomic E-state index is -0.460. The fourth-order valence-corrected chi connectivity index (χ4v) is 3.79. The van der Waals surface area contributed by atoms with Gasteiger partial charge in [0, 0.05) is 13.1 Å². The molecule has 0 aliphatic rings. The Bertz CT molecular complexity index is 1230. The molecule has 152 valence electrons. The minimum absolute atomic E-state index is 0.319. The summed E-state index contributed by atoms with van der Waals surface area (Å²) in [4.78, 5) is 27.4. The number of hydrogen-bond donors (Lipinski definition) is 1. The van der Waals surface area contributed by atoms with Gasteiger partial charge in [-0.15, -0.1) is 0 Å². The second kappa shape index (κ2) is 8.51. The molecule has 2 aromatic heterocycles. The highest BCUT2D eigenvalue weighted by atomic mass is 35.5. The molecule has 30 heavy (non-hydrogen) atoms. The van der Waals surface area contributed by atoms with Crippen LogP contribution < -0.4 is 15.8 Å². The summed E-state index contributed by atoms with van der Waals surface area (Å²) in [7, 11) is 0. The maximum Gasteiger partial charge on any atom is 0.346 e. The summed E-state index contributed by atoms with van der Waals surface area (Å²) in [6.07, 6.45) is 2.78. The zero-order valence-electron chi connectivity index (χ0n) is 16.6. The molecule has 2 heterocycles. The van der Waals surface area contributed by atoms with Gasteiger partial charge in [-0.1, -0.05) is 41.9 Å². The van der Waals surface area contributed by atoms with Crippen LogP contribution in [0.2, 0.25) is 5.02 Å². The van der Waals surface area contributed by atoms with Crippen LogP contribution in [0.25, 0.3) is 22.1 Å². The van der Waals surface area contributed by atoms with Crippen LogP contribution >= 0.6 is 11.6 Å². The van der Waals surface area contributed by atoms with E-state index in [2.05, 4.69) is 39.0 Å². The summed E-state index contributed by atoms with van der Waals surface area (Å²) >= 11 is 6.64. The second-order valence-electron chi connectivity index (χ2n) is 6.53. The Morgan fingerprint density at radius 1 is 1.03 bits per heavy atom. The normalized spacial score (nSPS) is 10.9. The summed E-state index contributed by atoms with van der Waals surface area (Å²) in [5.74, 6) is 0.319. The zero-order chi connectivity index (χ0) is 21.1. The topological polar surface area (TPSA) is 84.2 Å². The lowest BCUT2D eigenvalue weighted by Gasteiger charge is -2.25. The molecule has 0 spiro atoms. The van der Waals surface area contributed by atoms with E-state index in [0.29, 0.717) is 33.2 Å². The van der Waals surface area contributed by atoms with Crippen LogP contribution in [0.3, 0.4) is 0 Å². The zero-order valence-corrected chi connectivity index (χ0v) is 17.3. The molecule has 8 heteroatoms. The van der Waals surface area contributed by atoms with Gasteiger partial charge in [0.05, 0.1) is 27.3 Å². The van der Waals surface area contributed by atoms with Gasteiger partial charge < -0.3 is 14.6 Å². The van der Waals surface area contributed by atoms with E-state index in [1.807, 2.05) is 30.3 Å². The highest BCUT2D eigenvalue weighted by Crippen LogP contribution is 2.42. The molecular weight excluding hydrogens is 402 g/mol. The van der Waals surface area contributed by atoms with Crippen LogP contribution in [0.4, 0.5) is 17.3 Å². The first-order valence-electron chi connectivity index (χ1n) is 9.62. The van der Waals surface area contributed by atoms with Crippen molar-refractivity contribution >= 4 is 39.9 Å². The van der Waals surface area contributed by atoms with Crippen molar-refractivity contribution < 1.29 is 4.42 Å². The van der Waals surface area contributed by atoms with Crippen LogP contribution in [0.5, 0.6) is 0 Å². The molecule has 4 aromatic rings. The first-order chi connectivity index (χ1) is 14.6. The summed E-state index contributed by atoms with van der Waals surface area (Å²) in [6, 6.07) is 12.8. The van der Waals surface area contributed by atoms with Gasteiger partial charge in [0.25, 0.3) is 0 Å². The molecule has 1 N–H and O–H groups in total. The number of fused-ring (bicyclic) bond motifs is 1. The van der Waals surface area contributed by atoms with Crippen LogP contribution in [0.15, 0.2) is 64.3 Å². The second-order valence-corrected chi connectivity index (χ2v) is 6.94. The number of aromatic nitrogens is 3. The third kappa shape index (κ3) is 3.59. The van der Waals surface area contributed by atoms with Crippen molar-refractivity contribution in [1.82, 2.24) is 15.0 Å². The third-order valence-corrected chi connectivity index (χ3v) is 5.17. The molecule has 0 radical (unpaired) electrons. The number of benzene rings is 2. The molecule has 4 rings (SSSR count). The monoisotopic (exact) mass is 421 g/mol. The summed E-state index contributed by atoms with van der Waals surface area (Å²) in [6.45, 7) is 5.57. The van der Waals surface area contributed by atoms with E-state index >= 15 is 0 Å². The van der Waals surface area contributed by atoms with Gasteiger partial charge in [0.1, 0.15) is 18.2 Å². The number of halogens is 1. The van der Waals surface area contributed by atoms with Crippen molar-refractivity contribution in [2.24, 2.45) is 0 Å². The van der Waals surface area contributed by atoms with Crippen molar-refractivity contribution in [3.63, 3.8) is 0 Å². The van der Waals surface area contributed by atoms with Crippen molar-refractivity contribution in [3.05, 3.63) is 70.6 Å². The Balaban J connectivity index is 2.12. The lowest BCUT2D eigenvalue weighted by Crippen LogP contribution is -2.23. The van der Waals surface area contributed by atoms with Crippen LogP contribution in [-0.2, 0) is 0 Å². The minimum Gasteiger partial charge on any atom is -0.422 e. The number of nitrogens with one attached hydrogen (secondary N) is 1.